The summed E-state index contributed by atoms with van der Waals surface area (Å²) >= 11 is 9.34. The van der Waals surface area contributed by atoms with Crippen LogP contribution >= 0.6 is 27.5 Å². The average Bonchev–Trinajstić information content (AvgIpc) is 2.38. The highest BCUT2D eigenvalue weighted by Crippen LogP contribution is 2.18. The van der Waals surface area contributed by atoms with Gasteiger partial charge in [0, 0.05) is 16.0 Å². The second kappa shape index (κ2) is 6.91. The molecule has 0 fully saturated rings. The van der Waals surface area contributed by atoms with Crippen molar-refractivity contribution in [1.29, 1.82) is 0 Å². The molecule has 4 heteroatoms. The van der Waals surface area contributed by atoms with Crippen LogP contribution in [0.2, 0.25) is 5.02 Å². The smallest absolute Gasteiger partial charge is 0.252 e. The first-order chi connectivity index (χ1) is 9.56. The quantitative estimate of drug-likeness (QED) is 0.869. The zero-order valence-corrected chi connectivity index (χ0v) is 13.5. The van der Waals surface area contributed by atoms with Crippen LogP contribution in [0.3, 0.4) is 0 Å². The summed E-state index contributed by atoms with van der Waals surface area (Å²) < 4.78 is 0.817. The van der Waals surface area contributed by atoms with Crippen LogP contribution in [-0.4, -0.2) is 12.5 Å². The second-order valence-electron chi connectivity index (χ2n) is 4.62. The maximum absolute atomic E-state index is 12.1. The van der Waals surface area contributed by atoms with Crippen LogP contribution < -0.4 is 5.32 Å². The molecular weight excluding hydrogens is 338 g/mol. The van der Waals surface area contributed by atoms with E-state index in [1.165, 1.54) is 0 Å². The molecule has 2 rings (SSSR count). The van der Waals surface area contributed by atoms with Crippen molar-refractivity contribution in [3.63, 3.8) is 0 Å². The molecule has 0 bridgehead atoms. The summed E-state index contributed by atoms with van der Waals surface area (Å²) in [6.45, 7) is 2.57. The molecule has 0 radical (unpaired) electrons. The minimum Gasteiger partial charge on any atom is -0.352 e. The molecule has 0 heterocycles. The van der Waals surface area contributed by atoms with Crippen LogP contribution in [0.5, 0.6) is 0 Å². The minimum absolute atomic E-state index is 0.0705. The average molecular weight is 353 g/mol. The van der Waals surface area contributed by atoms with E-state index < -0.39 is 0 Å². The number of hydrogen-bond acceptors (Lipinski definition) is 1. The molecule has 0 saturated heterocycles. The number of carbonyl (C=O) groups is 1. The van der Waals surface area contributed by atoms with Crippen molar-refractivity contribution in [3.05, 3.63) is 68.7 Å². The summed E-state index contributed by atoms with van der Waals surface area (Å²) in [5.74, 6) is -0.0705. The highest BCUT2D eigenvalue weighted by atomic mass is 79.9. The lowest BCUT2D eigenvalue weighted by Gasteiger charge is -2.08. The molecule has 1 amide bonds. The van der Waals surface area contributed by atoms with E-state index >= 15 is 0 Å². The van der Waals surface area contributed by atoms with Crippen LogP contribution in [0.1, 0.15) is 21.5 Å². The number of aryl methyl sites for hydroxylation is 1. The van der Waals surface area contributed by atoms with E-state index in [0.29, 0.717) is 12.1 Å². The Morgan fingerprint density at radius 3 is 2.75 bits per heavy atom. The molecule has 0 aliphatic carbocycles. The molecule has 20 heavy (non-hydrogen) atoms. The molecule has 2 aromatic rings. The normalized spacial score (nSPS) is 10.3. The molecule has 0 spiro atoms. The van der Waals surface area contributed by atoms with Crippen molar-refractivity contribution in [2.45, 2.75) is 13.3 Å². The fourth-order valence-corrected chi connectivity index (χ4v) is 2.80. The highest BCUT2D eigenvalue weighted by molar-refractivity contribution is 9.10. The highest BCUT2D eigenvalue weighted by Gasteiger charge is 2.09. The SMILES string of the molecule is Cc1ccc(C(=O)NCCc2cccc(Cl)c2)c(Br)c1. The Morgan fingerprint density at radius 2 is 2.05 bits per heavy atom. The fourth-order valence-electron chi connectivity index (χ4n) is 1.91. The first kappa shape index (κ1) is 15.1. The molecule has 0 unspecified atom stereocenters. The van der Waals surface area contributed by atoms with Crippen molar-refractivity contribution in [1.82, 2.24) is 5.32 Å². The number of rotatable bonds is 4. The first-order valence-corrected chi connectivity index (χ1v) is 7.52. The van der Waals surface area contributed by atoms with Crippen LogP contribution in [-0.2, 0) is 6.42 Å². The van der Waals surface area contributed by atoms with Gasteiger partial charge in [-0.15, -0.1) is 0 Å². The summed E-state index contributed by atoms with van der Waals surface area (Å²) in [5.41, 5.74) is 2.88. The van der Waals surface area contributed by atoms with Gasteiger partial charge in [-0.25, -0.2) is 0 Å². The van der Waals surface area contributed by atoms with Crippen molar-refractivity contribution in [2.75, 3.05) is 6.54 Å². The Morgan fingerprint density at radius 1 is 1.25 bits per heavy atom. The standard InChI is InChI=1S/C16H15BrClNO/c1-11-5-6-14(15(17)9-11)16(20)19-8-7-12-3-2-4-13(18)10-12/h2-6,9-10H,7-8H2,1H3,(H,19,20). The van der Waals surface area contributed by atoms with E-state index in [2.05, 4.69) is 21.2 Å². The van der Waals surface area contributed by atoms with E-state index in [0.717, 1.165) is 27.0 Å². The van der Waals surface area contributed by atoms with Crippen LogP contribution in [0.4, 0.5) is 0 Å². The van der Waals surface area contributed by atoms with Gasteiger partial charge >= 0.3 is 0 Å². The van der Waals surface area contributed by atoms with Crippen molar-refractivity contribution < 1.29 is 4.79 Å². The lowest BCUT2D eigenvalue weighted by Crippen LogP contribution is -2.26. The van der Waals surface area contributed by atoms with Gasteiger partial charge in [0.25, 0.3) is 5.91 Å². The summed E-state index contributed by atoms with van der Waals surface area (Å²) in [6, 6.07) is 13.4. The van der Waals surface area contributed by atoms with Crippen LogP contribution in [0, 0.1) is 6.92 Å². The van der Waals surface area contributed by atoms with Crippen molar-refractivity contribution in [2.24, 2.45) is 0 Å². The van der Waals surface area contributed by atoms with Gasteiger partial charge in [-0.1, -0.05) is 29.8 Å². The third-order valence-electron chi connectivity index (χ3n) is 2.96. The number of amides is 1. The lowest BCUT2D eigenvalue weighted by atomic mass is 10.1. The zero-order chi connectivity index (χ0) is 14.5. The van der Waals surface area contributed by atoms with E-state index in [1.54, 1.807) is 0 Å². The van der Waals surface area contributed by atoms with Gasteiger partial charge in [-0.05, 0) is 64.7 Å². The Hall–Kier alpha value is -1.32. The predicted octanol–water partition coefficient (Wildman–Crippen LogP) is 4.38. The minimum atomic E-state index is -0.0705. The van der Waals surface area contributed by atoms with Gasteiger partial charge in [-0.3, -0.25) is 4.79 Å². The fraction of sp³-hybridized carbons (Fsp3) is 0.188. The van der Waals surface area contributed by atoms with Gasteiger partial charge in [-0.2, -0.15) is 0 Å². The molecule has 0 aromatic heterocycles. The molecule has 0 saturated carbocycles. The summed E-state index contributed by atoms with van der Waals surface area (Å²) in [6.07, 6.45) is 0.760. The number of hydrogen-bond donors (Lipinski definition) is 1. The van der Waals surface area contributed by atoms with Gasteiger partial charge in [0.2, 0.25) is 0 Å². The number of nitrogens with one attached hydrogen (secondary N) is 1. The van der Waals surface area contributed by atoms with E-state index in [1.807, 2.05) is 49.4 Å². The summed E-state index contributed by atoms with van der Waals surface area (Å²) in [4.78, 5) is 12.1. The van der Waals surface area contributed by atoms with Crippen molar-refractivity contribution in [3.8, 4) is 0 Å². The lowest BCUT2D eigenvalue weighted by molar-refractivity contribution is 0.0953. The maximum atomic E-state index is 12.1. The maximum Gasteiger partial charge on any atom is 0.252 e. The van der Waals surface area contributed by atoms with Gasteiger partial charge < -0.3 is 5.32 Å². The van der Waals surface area contributed by atoms with Gasteiger partial charge in [0.15, 0.2) is 0 Å². The second-order valence-corrected chi connectivity index (χ2v) is 5.91. The van der Waals surface area contributed by atoms with Crippen LogP contribution in [0.25, 0.3) is 0 Å². The molecule has 0 aliphatic rings. The molecular formula is C16H15BrClNO. The third kappa shape index (κ3) is 4.09. The molecule has 104 valence electrons. The van der Waals surface area contributed by atoms with Crippen molar-refractivity contribution >= 4 is 33.4 Å². The van der Waals surface area contributed by atoms with Gasteiger partial charge in [0.05, 0.1) is 5.56 Å². The number of benzene rings is 2. The van der Waals surface area contributed by atoms with Crippen LogP contribution in [0.15, 0.2) is 46.9 Å². The zero-order valence-electron chi connectivity index (χ0n) is 11.1. The largest absolute Gasteiger partial charge is 0.352 e. The molecule has 2 nitrogen and oxygen atoms in total. The first-order valence-electron chi connectivity index (χ1n) is 6.35. The molecule has 0 atom stereocenters. The summed E-state index contributed by atoms with van der Waals surface area (Å²) in [7, 11) is 0. The Bertz CT molecular complexity index is 628. The number of carbonyl (C=O) groups excluding carboxylic acids is 1. The Labute approximate surface area is 132 Å². The van der Waals surface area contributed by atoms with E-state index in [-0.39, 0.29) is 5.91 Å². The summed E-state index contributed by atoms with van der Waals surface area (Å²) in [5, 5.41) is 3.63. The third-order valence-corrected chi connectivity index (χ3v) is 3.85. The van der Waals surface area contributed by atoms with E-state index in [4.69, 9.17) is 11.6 Å². The van der Waals surface area contributed by atoms with Gasteiger partial charge in [0.1, 0.15) is 0 Å². The Balaban J connectivity index is 1.92. The van der Waals surface area contributed by atoms with E-state index in [9.17, 15) is 4.79 Å². The Kier molecular flexibility index (Phi) is 5.21. The molecule has 1 N–H and O–H groups in total. The predicted molar refractivity (Wildman–Crippen MR) is 86.4 cm³/mol. The topological polar surface area (TPSA) is 29.1 Å². The number of halogens is 2. The molecule has 2 aromatic carbocycles. The molecule has 0 aliphatic heterocycles. The monoisotopic (exact) mass is 351 g/mol.